The molecule has 0 radical (unpaired) electrons. The lowest BCUT2D eigenvalue weighted by molar-refractivity contribution is -0.264. The molecule has 4 aliphatic carbocycles. The first-order valence-electron chi connectivity index (χ1n) is 10.9. The number of fused-ring (bicyclic) bond motifs is 6. The molecule has 1 heterocycles. The summed E-state index contributed by atoms with van der Waals surface area (Å²) < 4.78 is 12.4. The van der Waals surface area contributed by atoms with Crippen LogP contribution in [0, 0.1) is 40.4 Å². The van der Waals surface area contributed by atoms with E-state index < -0.39 is 5.79 Å². The molecule has 4 saturated carbocycles. The lowest BCUT2D eigenvalue weighted by Gasteiger charge is -2.63. The van der Waals surface area contributed by atoms with Crippen LogP contribution in [-0.2, 0) is 9.47 Å². The van der Waals surface area contributed by atoms with Crippen molar-refractivity contribution in [3.8, 4) is 0 Å². The standard InChI is InChI=1S/C22H36O3/c1-14-6-8-20(2)15(12-14)4-5-16-17-7-9-22(24-10-11-25-22)21(17,3)13-18(23)19(16)20/h14-19,23H,4-13H2,1-3H3/t14-,15+,16+,17+,18+,19-,20+,21+/m1/s1. The molecule has 5 fully saturated rings. The highest BCUT2D eigenvalue weighted by Gasteiger charge is 2.69. The minimum atomic E-state index is -0.400. The first kappa shape index (κ1) is 17.0. The summed E-state index contributed by atoms with van der Waals surface area (Å²) in [5.74, 6) is 3.12. The zero-order valence-electron chi connectivity index (χ0n) is 16.3. The SMILES string of the molecule is C[C@@H]1CC[C@@]2(C)[C@@H](CC[C@@H]3[C@@H]2[C@@H](O)C[C@@]2(C)[C@H]3CCC23OCCO3)C1. The molecule has 0 amide bonds. The number of aliphatic hydroxyl groups excluding tert-OH is 1. The van der Waals surface area contributed by atoms with E-state index in [1.165, 1.54) is 38.5 Å². The van der Waals surface area contributed by atoms with E-state index in [4.69, 9.17) is 9.47 Å². The van der Waals surface area contributed by atoms with Crippen LogP contribution in [0.5, 0.6) is 0 Å². The first-order valence-corrected chi connectivity index (χ1v) is 10.9. The maximum Gasteiger partial charge on any atom is 0.174 e. The van der Waals surface area contributed by atoms with E-state index in [-0.39, 0.29) is 11.5 Å². The van der Waals surface area contributed by atoms with Gasteiger partial charge in [0.2, 0.25) is 0 Å². The second-order valence-corrected chi connectivity index (χ2v) is 10.6. The Bertz CT molecular complexity index is 541. The average Bonchev–Trinajstić information content (AvgIpc) is 3.15. The van der Waals surface area contributed by atoms with Crippen LogP contribution in [0.3, 0.4) is 0 Å². The van der Waals surface area contributed by atoms with E-state index in [0.717, 1.165) is 37.9 Å². The van der Waals surface area contributed by atoms with E-state index in [1.54, 1.807) is 0 Å². The third-order valence-corrected chi connectivity index (χ3v) is 9.66. The van der Waals surface area contributed by atoms with E-state index in [9.17, 15) is 5.11 Å². The maximum absolute atomic E-state index is 11.4. The summed E-state index contributed by atoms with van der Waals surface area (Å²) in [6, 6.07) is 0. The largest absolute Gasteiger partial charge is 0.393 e. The Balaban J connectivity index is 1.49. The van der Waals surface area contributed by atoms with Crippen molar-refractivity contribution in [1.82, 2.24) is 0 Å². The molecule has 3 heteroatoms. The monoisotopic (exact) mass is 348 g/mol. The molecule has 5 aliphatic rings. The van der Waals surface area contributed by atoms with Gasteiger partial charge in [0.15, 0.2) is 5.79 Å². The Kier molecular flexibility index (Phi) is 3.71. The van der Waals surface area contributed by atoms with Crippen molar-refractivity contribution in [1.29, 1.82) is 0 Å². The van der Waals surface area contributed by atoms with Gasteiger partial charge in [-0.1, -0.05) is 27.2 Å². The van der Waals surface area contributed by atoms with Gasteiger partial charge in [0.1, 0.15) is 0 Å². The highest BCUT2D eigenvalue weighted by molar-refractivity contribution is 5.14. The average molecular weight is 349 g/mol. The van der Waals surface area contributed by atoms with Crippen molar-refractivity contribution < 1.29 is 14.6 Å². The predicted molar refractivity (Wildman–Crippen MR) is 96.9 cm³/mol. The molecule has 0 aromatic carbocycles. The maximum atomic E-state index is 11.4. The molecule has 1 N–H and O–H groups in total. The van der Waals surface area contributed by atoms with Crippen LogP contribution in [0.1, 0.15) is 72.1 Å². The van der Waals surface area contributed by atoms with Crippen molar-refractivity contribution in [2.24, 2.45) is 40.4 Å². The van der Waals surface area contributed by atoms with Gasteiger partial charge in [0.05, 0.1) is 19.3 Å². The zero-order chi connectivity index (χ0) is 17.4. The summed E-state index contributed by atoms with van der Waals surface area (Å²) >= 11 is 0. The predicted octanol–water partition coefficient (Wildman–Crippen LogP) is 4.38. The molecule has 8 atom stereocenters. The summed E-state index contributed by atoms with van der Waals surface area (Å²) in [5.41, 5.74) is 0.346. The number of rotatable bonds is 0. The van der Waals surface area contributed by atoms with E-state index >= 15 is 0 Å². The molecule has 5 rings (SSSR count). The zero-order valence-corrected chi connectivity index (χ0v) is 16.3. The lowest BCUT2D eigenvalue weighted by atomic mass is 9.43. The fourth-order valence-electron chi connectivity index (χ4n) is 8.48. The minimum Gasteiger partial charge on any atom is -0.393 e. The van der Waals surface area contributed by atoms with Gasteiger partial charge in [0, 0.05) is 11.8 Å². The van der Waals surface area contributed by atoms with Crippen LogP contribution in [-0.4, -0.2) is 30.2 Å². The summed E-state index contributed by atoms with van der Waals surface area (Å²) in [5, 5.41) is 11.4. The molecule has 0 aromatic heterocycles. The van der Waals surface area contributed by atoms with Crippen molar-refractivity contribution in [3.63, 3.8) is 0 Å². The van der Waals surface area contributed by atoms with Gasteiger partial charge in [-0.3, -0.25) is 0 Å². The molecular formula is C22H36O3. The van der Waals surface area contributed by atoms with Crippen LogP contribution >= 0.6 is 0 Å². The van der Waals surface area contributed by atoms with E-state index in [1.807, 2.05) is 0 Å². The minimum absolute atomic E-state index is 0.00472. The van der Waals surface area contributed by atoms with E-state index in [2.05, 4.69) is 20.8 Å². The molecular weight excluding hydrogens is 312 g/mol. The number of ether oxygens (including phenoxy) is 2. The van der Waals surface area contributed by atoms with Crippen molar-refractivity contribution >= 4 is 0 Å². The highest BCUT2D eigenvalue weighted by atomic mass is 16.7. The number of hydrogen-bond donors (Lipinski definition) is 1. The first-order chi connectivity index (χ1) is 11.9. The lowest BCUT2D eigenvalue weighted by Crippen LogP contribution is -2.61. The van der Waals surface area contributed by atoms with Gasteiger partial charge in [-0.25, -0.2) is 0 Å². The molecule has 1 saturated heterocycles. The molecule has 25 heavy (non-hydrogen) atoms. The van der Waals surface area contributed by atoms with Gasteiger partial charge in [-0.2, -0.15) is 0 Å². The van der Waals surface area contributed by atoms with Crippen molar-refractivity contribution in [3.05, 3.63) is 0 Å². The fourth-order valence-corrected chi connectivity index (χ4v) is 8.48. The fraction of sp³-hybridized carbons (Fsp3) is 1.00. The van der Waals surface area contributed by atoms with Crippen LogP contribution in [0.15, 0.2) is 0 Å². The van der Waals surface area contributed by atoms with E-state index in [0.29, 0.717) is 23.2 Å². The molecule has 0 bridgehead atoms. The third kappa shape index (κ3) is 2.09. The quantitative estimate of drug-likeness (QED) is 0.706. The molecule has 142 valence electrons. The Morgan fingerprint density at radius 1 is 0.960 bits per heavy atom. The summed E-state index contributed by atoms with van der Waals surface area (Å²) in [6.45, 7) is 8.77. The Labute approximate surface area is 152 Å². The second kappa shape index (κ2) is 5.45. The molecule has 0 unspecified atom stereocenters. The van der Waals surface area contributed by atoms with Gasteiger partial charge in [-0.15, -0.1) is 0 Å². The van der Waals surface area contributed by atoms with Gasteiger partial charge in [0.25, 0.3) is 0 Å². The van der Waals surface area contributed by atoms with Crippen LogP contribution in [0.2, 0.25) is 0 Å². The Morgan fingerprint density at radius 3 is 2.48 bits per heavy atom. The second-order valence-electron chi connectivity index (χ2n) is 10.6. The molecule has 1 spiro atoms. The van der Waals surface area contributed by atoms with Crippen LogP contribution in [0.25, 0.3) is 0 Å². The Hall–Kier alpha value is -0.120. The topological polar surface area (TPSA) is 38.7 Å². The molecule has 3 nitrogen and oxygen atoms in total. The van der Waals surface area contributed by atoms with Crippen molar-refractivity contribution in [2.75, 3.05) is 13.2 Å². The highest BCUT2D eigenvalue weighted by Crippen LogP contribution is 2.69. The van der Waals surface area contributed by atoms with Crippen molar-refractivity contribution in [2.45, 2.75) is 84.0 Å². The van der Waals surface area contributed by atoms with Gasteiger partial charge >= 0.3 is 0 Å². The Morgan fingerprint density at radius 2 is 1.72 bits per heavy atom. The third-order valence-electron chi connectivity index (χ3n) is 9.66. The number of aliphatic hydroxyl groups is 1. The van der Waals surface area contributed by atoms with Gasteiger partial charge in [-0.05, 0) is 73.5 Å². The molecule has 1 aliphatic heterocycles. The smallest absolute Gasteiger partial charge is 0.174 e. The summed E-state index contributed by atoms with van der Waals surface area (Å²) in [6.07, 6.45) is 9.67. The summed E-state index contributed by atoms with van der Waals surface area (Å²) in [4.78, 5) is 0. The van der Waals surface area contributed by atoms with Gasteiger partial charge < -0.3 is 14.6 Å². The van der Waals surface area contributed by atoms with Crippen LogP contribution in [0.4, 0.5) is 0 Å². The summed E-state index contributed by atoms with van der Waals surface area (Å²) in [7, 11) is 0. The van der Waals surface area contributed by atoms with Crippen LogP contribution < -0.4 is 0 Å². The number of hydrogen-bond acceptors (Lipinski definition) is 3. The normalized spacial score (nSPS) is 57.1. The molecule has 0 aromatic rings.